The Morgan fingerprint density at radius 2 is 1.90 bits per heavy atom. The Labute approximate surface area is 120 Å². The summed E-state index contributed by atoms with van der Waals surface area (Å²) in [6.07, 6.45) is 0.581. The summed E-state index contributed by atoms with van der Waals surface area (Å²) in [4.78, 5) is 0. The van der Waals surface area contributed by atoms with E-state index in [0.29, 0.717) is 25.1 Å². The van der Waals surface area contributed by atoms with Crippen LogP contribution in [-0.4, -0.2) is 44.2 Å². The minimum atomic E-state index is -3.63. The van der Waals surface area contributed by atoms with Crippen molar-refractivity contribution in [2.24, 2.45) is 5.73 Å². The average Bonchev–Trinajstić information content (AvgIpc) is 2.43. The maximum absolute atomic E-state index is 13.7. The highest BCUT2D eigenvalue weighted by Crippen LogP contribution is 2.24. The molecule has 0 aliphatic carbocycles. The molecule has 0 heterocycles. The van der Waals surface area contributed by atoms with E-state index in [1.807, 2.05) is 0 Å². The van der Waals surface area contributed by atoms with E-state index in [9.17, 15) is 12.8 Å². The van der Waals surface area contributed by atoms with Crippen LogP contribution in [0, 0.1) is 5.82 Å². The van der Waals surface area contributed by atoms with Gasteiger partial charge in [0.15, 0.2) is 0 Å². The van der Waals surface area contributed by atoms with Crippen molar-refractivity contribution in [3.05, 3.63) is 35.6 Å². The highest BCUT2D eigenvalue weighted by Gasteiger charge is 2.29. The van der Waals surface area contributed by atoms with Crippen molar-refractivity contribution in [1.29, 1.82) is 0 Å². The molecule has 1 unspecified atom stereocenters. The minimum Gasteiger partial charge on any atom is -0.330 e. The van der Waals surface area contributed by atoms with E-state index in [0.717, 1.165) is 0 Å². The Morgan fingerprint density at radius 3 is 2.45 bits per heavy atom. The molecule has 0 radical (unpaired) electrons. The summed E-state index contributed by atoms with van der Waals surface area (Å²) in [6.45, 7) is 2.42. The summed E-state index contributed by atoms with van der Waals surface area (Å²) in [6, 6.07) is 5.60. The first kappa shape index (κ1) is 17.0. The molecule has 0 aliphatic rings. The number of nitrogens with zero attached hydrogens (tertiary/aromatic N) is 2. The summed E-state index contributed by atoms with van der Waals surface area (Å²) in [7, 11) is -0.686. The van der Waals surface area contributed by atoms with Crippen molar-refractivity contribution in [2.75, 3.05) is 27.2 Å². The second-order valence-corrected chi connectivity index (χ2v) is 6.78. The molecule has 0 saturated carbocycles. The maximum atomic E-state index is 13.7. The van der Waals surface area contributed by atoms with Crippen molar-refractivity contribution in [3.8, 4) is 0 Å². The van der Waals surface area contributed by atoms with Crippen LogP contribution in [0.25, 0.3) is 0 Å². The molecule has 1 atom stereocenters. The van der Waals surface area contributed by atoms with Crippen molar-refractivity contribution in [1.82, 2.24) is 8.61 Å². The van der Waals surface area contributed by atoms with Crippen LogP contribution in [0.5, 0.6) is 0 Å². The zero-order valence-corrected chi connectivity index (χ0v) is 12.9. The van der Waals surface area contributed by atoms with Gasteiger partial charge in [0, 0.05) is 26.2 Å². The molecule has 1 aromatic carbocycles. The highest BCUT2D eigenvalue weighted by molar-refractivity contribution is 7.86. The van der Waals surface area contributed by atoms with Gasteiger partial charge in [-0.1, -0.05) is 18.2 Å². The van der Waals surface area contributed by atoms with Crippen LogP contribution in [0.1, 0.15) is 24.9 Å². The first-order valence-electron chi connectivity index (χ1n) is 6.46. The van der Waals surface area contributed by atoms with Crippen LogP contribution < -0.4 is 5.73 Å². The second-order valence-electron chi connectivity index (χ2n) is 4.69. The van der Waals surface area contributed by atoms with Gasteiger partial charge >= 0.3 is 0 Å². The summed E-state index contributed by atoms with van der Waals surface area (Å²) >= 11 is 0. The van der Waals surface area contributed by atoms with Crippen molar-refractivity contribution >= 4 is 10.2 Å². The van der Waals surface area contributed by atoms with Gasteiger partial charge in [-0.25, -0.2) is 4.39 Å². The zero-order chi connectivity index (χ0) is 15.3. The molecule has 0 bridgehead atoms. The molecule has 2 N–H and O–H groups in total. The minimum absolute atomic E-state index is 0.340. The third-order valence-electron chi connectivity index (χ3n) is 3.34. The Hall–Kier alpha value is -1.02. The third kappa shape index (κ3) is 3.76. The van der Waals surface area contributed by atoms with Gasteiger partial charge in [-0.15, -0.1) is 0 Å². The molecule has 0 spiro atoms. The van der Waals surface area contributed by atoms with Gasteiger partial charge in [-0.05, 0) is 26.0 Å². The summed E-state index contributed by atoms with van der Waals surface area (Å²) in [5.74, 6) is -0.410. The van der Waals surface area contributed by atoms with Gasteiger partial charge in [0.25, 0.3) is 10.2 Å². The average molecular weight is 303 g/mol. The van der Waals surface area contributed by atoms with Crippen LogP contribution in [0.2, 0.25) is 0 Å². The number of hydrogen-bond donors (Lipinski definition) is 1. The molecular weight excluding hydrogens is 281 g/mol. The summed E-state index contributed by atoms with van der Waals surface area (Å²) in [5.41, 5.74) is 5.73. The monoisotopic (exact) mass is 303 g/mol. The quantitative estimate of drug-likeness (QED) is 0.826. The highest BCUT2D eigenvalue weighted by atomic mass is 32.2. The predicted molar refractivity (Wildman–Crippen MR) is 77.8 cm³/mol. The molecule has 0 aliphatic heterocycles. The molecule has 20 heavy (non-hydrogen) atoms. The fourth-order valence-corrected chi connectivity index (χ4v) is 3.17. The van der Waals surface area contributed by atoms with E-state index < -0.39 is 22.1 Å². The number of hydrogen-bond acceptors (Lipinski definition) is 3. The number of benzene rings is 1. The van der Waals surface area contributed by atoms with E-state index in [1.54, 1.807) is 25.1 Å². The van der Waals surface area contributed by atoms with Crippen LogP contribution in [-0.2, 0) is 10.2 Å². The Bertz CT molecular complexity index is 536. The van der Waals surface area contributed by atoms with Crippen molar-refractivity contribution in [2.45, 2.75) is 19.4 Å². The maximum Gasteiger partial charge on any atom is 0.282 e. The van der Waals surface area contributed by atoms with Crippen LogP contribution in [0.3, 0.4) is 0 Å². The van der Waals surface area contributed by atoms with Crippen LogP contribution in [0.15, 0.2) is 24.3 Å². The van der Waals surface area contributed by atoms with Gasteiger partial charge in [0.05, 0.1) is 6.04 Å². The lowest BCUT2D eigenvalue weighted by Gasteiger charge is -2.29. The first-order chi connectivity index (χ1) is 9.32. The van der Waals surface area contributed by atoms with E-state index >= 15 is 0 Å². The Kier molecular flexibility index (Phi) is 6.07. The topological polar surface area (TPSA) is 66.6 Å². The fourth-order valence-electron chi connectivity index (χ4n) is 1.86. The summed E-state index contributed by atoms with van der Waals surface area (Å²) in [5, 5.41) is 0. The van der Waals surface area contributed by atoms with E-state index in [1.165, 1.54) is 28.8 Å². The van der Waals surface area contributed by atoms with E-state index in [2.05, 4.69) is 0 Å². The lowest BCUT2D eigenvalue weighted by atomic mass is 10.1. The molecule has 0 aromatic heterocycles. The SMILES string of the molecule is CC(c1ccccc1F)N(C)S(=O)(=O)N(C)CCCN. The smallest absolute Gasteiger partial charge is 0.282 e. The Morgan fingerprint density at radius 1 is 1.30 bits per heavy atom. The molecule has 7 heteroatoms. The standard InChI is InChI=1S/C13H22FN3O2S/c1-11(12-7-4-5-8-13(12)14)17(3)20(18,19)16(2)10-6-9-15/h4-5,7-8,11H,6,9-10,15H2,1-3H3. The van der Waals surface area contributed by atoms with Gasteiger partial charge < -0.3 is 5.73 Å². The fraction of sp³-hybridized carbons (Fsp3) is 0.538. The number of nitrogens with two attached hydrogens (primary N) is 1. The van der Waals surface area contributed by atoms with Crippen LogP contribution >= 0.6 is 0 Å². The molecule has 0 saturated heterocycles. The summed E-state index contributed by atoms with van der Waals surface area (Å²) < 4.78 is 40.8. The lowest BCUT2D eigenvalue weighted by Crippen LogP contribution is -2.41. The Balaban J connectivity index is 2.93. The normalized spacial score (nSPS) is 13.9. The van der Waals surface area contributed by atoms with Gasteiger partial charge in [-0.2, -0.15) is 17.0 Å². The van der Waals surface area contributed by atoms with E-state index in [-0.39, 0.29) is 0 Å². The first-order valence-corrected chi connectivity index (χ1v) is 7.85. The van der Waals surface area contributed by atoms with Crippen molar-refractivity contribution < 1.29 is 12.8 Å². The molecular formula is C13H22FN3O2S. The van der Waals surface area contributed by atoms with Crippen LogP contribution in [0.4, 0.5) is 4.39 Å². The number of halogens is 1. The molecule has 1 aromatic rings. The molecule has 0 fully saturated rings. The zero-order valence-electron chi connectivity index (χ0n) is 12.1. The van der Waals surface area contributed by atoms with Gasteiger partial charge in [0.1, 0.15) is 5.82 Å². The predicted octanol–water partition coefficient (Wildman–Crippen LogP) is 1.34. The third-order valence-corrected chi connectivity index (χ3v) is 5.35. The second kappa shape index (κ2) is 7.12. The van der Waals surface area contributed by atoms with Gasteiger partial charge in [-0.3, -0.25) is 0 Å². The molecule has 1 rings (SSSR count). The lowest BCUT2D eigenvalue weighted by molar-refractivity contribution is 0.342. The van der Waals surface area contributed by atoms with Gasteiger partial charge in [0.2, 0.25) is 0 Å². The number of rotatable bonds is 7. The molecule has 114 valence electrons. The van der Waals surface area contributed by atoms with Crippen molar-refractivity contribution in [3.63, 3.8) is 0 Å². The van der Waals surface area contributed by atoms with E-state index in [4.69, 9.17) is 5.73 Å². The molecule has 0 amide bonds. The largest absolute Gasteiger partial charge is 0.330 e. The molecule has 5 nitrogen and oxygen atoms in total.